The van der Waals surface area contributed by atoms with Crippen LogP contribution in [0.3, 0.4) is 0 Å². The number of hydrogen-bond acceptors (Lipinski definition) is 5. The van der Waals surface area contributed by atoms with Gasteiger partial charge in [0.05, 0.1) is 23.8 Å². The van der Waals surface area contributed by atoms with Gasteiger partial charge in [-0.3, -0.25) is 4.79 Å². The molecule has 18 heavy (non-hydrogen) atoms. The minimum absolute atomic E-state index is 0.131. The molecule has 7 nitrogen and oxygen atoms in total. The van der Waals surface area contributed by atoms with Crippen LogP contribution in [0.1, 0.15) is 13.8 Å². The van der Waals surface area contributed by atoms with Gasteiger partial charge in [0.1, 0.15) is 0 Å². The molecule has 8 heteroatoms. The van der Waals surface area contributed by atoms with Crippen molar-refractivity contribution in [2.45, 2.75) is 20.4 Å². The third-order valence-electron chi connectivity index (χ3n) is 2.51. The molecule has 2 rings (SSSR count). The Labute approximate surface area is 107 Å². The quantitative estimate of drug-likeness (QED) is 0.909. The number of carboxylic acid groups (broad SMARTS) is 1. The van der Waals surface area contributed by atoms with E-state index in [4.69, 9.17) is 21.1 Å². The highest BCUT2D eigenvalue weighted by atomic mass is 35.5. The maximum absolute atomic E-state index is 11.1. The minimum atomic E-state index is -0.986. The van der Waals surface area contributed by atoms with E-state index in [0.717, 1.165) is 0 Å². The molecule has 0 atom stereocenters. The van der Waals surface area contributed by atoms with Crippen molar-refractivity contribution >= 4 is 17.6 Å². The summed E-state index contributed by atoms with van der Waals surface area (Å²) in [6.07, 6.45) is 1.42. The van der Waals surface area contributed by atoms with Crippen molar-refractivity contribution in [1.29, 1.82) is 0 Å². The molecule has 0 fully saturated rings. The van der Waals surface area contributed by atoms with Crippen LogP contribution in [0, 0.1) is 5.41 Å². The van der Waals surface area contributed by atoms with E-state index in [-0.39, 0.29) is 11.8 Å². The topological polar surface area (TPSA) is 94.0 Å². The highest BCUT2D eigenvalue weighted by Gasteiger charge is 2.30. The zero-order valence-electron chi connectivity index (χ0n) is 9.79. The number of furan rings is 1. The second-order valence-electron chi connectivity index (χ2n) is 4.46. The number of aliphatic carboxylic acids is 1. The molecule has 0 aromatic carbocycles. The smallest absolute Gasteiger partial charge is 0.310 e. The van der Waals surface area contributed by atoms with Crippen molar-refractivity contribution < 1.29 is 14.3 Å². The van der Waals surface area contributed by atoms with Crippen LogP contribution in [-0.4, -0.2) is 31.3 Å². The normalized spacial score (nSPS) is 11.7. The number of carbonyl (C=O) groups is 1. The standard InChI is InChI=1S/C10H11ClN4O3/c1-10(2,9(16)17)5-15-8(12-13-14-15)6-3-4-18-7(6)11/h3-4H,5H2,1-2H3,(H,16,17). The van der Waals surface area contributed by atoms with E-state index in [9.17, 15) is 4.79 Å². The van der Waals surface area contributed by atoms with Gasteiger partial charge in [-0.05, 0) is 41.9 Å². The zero-order valence-corrected chi connectivity index (χ0v) is 10.5. The lowest BCUT2D eigenvalue weighted by atomic mass is 9.94. The Balaban J connectivity index is 2.35. The second kappa shape index (κ2) is 4.41. The highest BCUT2D eigenvalue weighted by Crippen LogP contribution is 2.28. The summed E-state index contributed by atoms with van der Waals surface area (Å²) in [5.74, 6) is -0.551. The average Bonchev–Trinajstić information content (AvgIpc) is 2.86. The Hall–Kier alpha value is -1.89. The first kappa shape index (κ1) is 12.6. The van der Waals surface area contributed by atoms with Gasteiger partial charge in [0.2, 0.25) is 5.22 Å². The van der Waals surface area contributed by atoms with E-state index in [1.165, 1.54) is 10.9 Å². The van der Waals surface area contributed by atoms with E-state index in [0.29, 0.717) is 11.4 Å². The summed E-state index contributed by atoms with van der Waals surface area (Å²) in [5.41, 5.74) is -0.455. The molecule has 0 spiro atoms. The number of tetrazole rings is 1. The number of rotatable bonds is 4. The summed E-state index contributed by atoms with van der Waals surface area (Å²) in [6, 6.07) is 1.62. The fourth-order valence-electron chi connectivity index (χ4n) is 1.40. The molecule has 96 valence electrons. The van der Waals surface area contributed by atoms with Gasteiger partial charge in [-0.2, -0.15) is 0 Å². The number of hydrogen-bond donors (Lipinski definition) is 1. The molecular formula is C10H11ClN4O3. The fraction of sp³-hybridized carbons (Fsp3) is 0.400. The van der Waals surface area contributed by atoms with Crippen LogP contribution in [0.15, 0.2) is 16.7 Å². The largest absolute Gasteiger partial charge is 0.481 e. The van der Waals surface area contributed by atoms with Gasteiger partial charge in [0.25, 0.3) is 0 Å². The maximum atomic E-state index is 11.1. The Bertz CT molecular complexity index is 575. The predicted octanol–water partition coefficient (Wildman–Crippen LogP) is 1.70. The first-order chi connectivity index (χ1) is 8.42. The minimum Gasteiger partial charge on any atom is -0.481 e. The lowest BCUT2D eigenvalue weighted by Gasteiger charge is -2.18. The Morgan fingerprint density at radius 2 is 2.33 bits per heavy atom. The molecule has 0 saturated carbocycles. The molecule has 0 aliphatic rings. The number of nitrogens with zero attached hydrogens (tertiary/aromatic N) is 4. The Morgan fingerprint density at radius 3 is 2.89 bits per heavy atom. The van der Waals surface area contributed by atoms with E-state index in [2.05, 4.69) is 15.5 Å². The number of halogens is 1. The fourth-order valence-corrected chi connectivity index (χ4v) is 1.60. The highest BCUT2D eigenvalue weighted by molar-refractivity contribution is 6.31. The molecular weight excluding hydrogens is 260 g/mol. The molecule has 1 N–H and O–H groups in total. The van der Waals surface area contributed by atoms with E-state index in [1.54, 1.807) is 19.9 Å². The summed E-state index contributed by atoms with van der Waals surface area (Å²) in [7, 11) is 0. The van der Waals surface area contributed by atoms with E-state index < -0.39 is 11.4 Å². The lowest BCUT2D eigenvalue weighted by Crippen LogP contribution is -2.30. The van der Waals surface area contributed by atoms with Gasteiger partial charge in [-0.15, -0.1) is 5.10 Å². The van der Waals surface area contributed by atoms with Crippen LogP contribution < -0.4 is 0 Å². The molecule has 2 heterocycles. The van der Waals surface area contributed by atoms with Crippen molar-refractivity contribution in [3.63, 3.8) is 0 Å². The summed E-state index contributed by atoms with van der Waals surface area (Å²) >= 11 is 5.85. The second-order valence-corrected chi connectivity index (χ2v) is 4.80. The molecule has 0 amide bonds. The molecule has 0 aliphatic heterocycles. The van der Waals surface area contributed by atoms with E-state index in [1.807, 2.05) is 0 Å². The van der Waals surface area contributed by atoms with Crippen LogP contribution in [0.25, 0.3) is 11.4 Å². The molecule has 2 aromatic heterocycles. The van der Waals surface area contributed by atoms with Crippen molar-refractivity contribution in [1.82, 2.24) is 20.2 Å². The van der Waals surface area contributed by atoms with Crippen LogP contribution in [0.2, 0.25) is 5.22 Å². The monoisotopic (exact) mass is 270 g/mol. The molecule has 0 radical (unpaired) electrons. The summed E-state index contributed by atoms with van der Waals surface area (Å²) in [5, 5.41) is 20.4. The summed E-state index contributed by atoms with van der Waals surface area (Å²) in [4.78, 5) is 11.1. The van der Waals surface area contributed by atoms with Gasteiger partial charge < -0.3 is 9.52 Å². The van der Waals surface area contributed by atoms with Crippen LogP contribution >= 0.6 is 11.6 Å². The SMILES string of the molecule is CC(C)(Cn1nnnc1-c1ccoc1Cl)C(=O)O. The predicted molar refractivity (Wildman–Crippen MR) is 61.9 cm³/mol. The van der Waals surface area contributed by atoms with Gasteiger partial charge in [-0.25, -0.2) is 4.68 Å². The van der Waals surface area contributed by atoms with Crippen molar-refractivity contribution in [2.24, 2.45) is 5.41 Å². The molecule has 0 bridgehead atoms. The van der Waals surface area contributed by atoms with Crippen molar-refractivity contribution in [3.8, 4) is 11.4 Å². The Kier molecular flexibility index (Phi) is 3.08. The Morgan fingerprint density at radius 1 is 1.61 bits per heavy atom. The van der Waals surface area contributed by atoms with Gasteiger partial charge in [0, 0.05) is 0 Å². The third kappa shape index (κ3) is 2.21. The van der Waals surface area contributed by atoms with Gasteiger partial charge in [0.15, 0.2) is 5.82 Å². The van der Waals surface area contributed by atoms with Crippen molar-refractivity contribution in [2.75, 3.05) is 0 Å². The molecule has 0 unspecified atom stereocenters. The lowest BCUT2D eigenvalue weighted by molar-refractivity contribution is -0.147. The number of aromatic nitrogens is 4. The maximum Gasteiger partial charge on any atom is 0.310 e. The van der Waals surface area contributed by atoms with Gasteiger partial charge >= 0.3 is 5.97 Å². The van der Waals surface area contributed by atoms with Crippen LogP contribution in [0.5, 0.6) is 0 Å². The third-order valence-corrected chi connectivity index (χ3v) is 2.81. The average molecular weight is 271 g/mol. The molecule has 0 saturated heterocycles. The number of carboxylic acids is 1. The zero-order chi connectivity index (χ0) is 13.3. The van der Waals surface area contributed by atoms with Gasteiger partial charge in [-0.1, -0.05) is 0 Å². The van der Waals surface area contributed by atoms with Crippen LogP contribution in [0.4, 0.5) is 0 Å². The van der Waals surface area contributed by atoms with Crippen molar-refractivity contribution in [3.05, 3.63) is 17.5 Å². The summed E-state index contributed by atoms with van der Waals surface area (Å²) < 4.78 is 6.35. The molecule has 2 aromatic rings. The summed E-state index contributed by atoms with van der Waals surface area (Å²) in [6.45, 7) is 3.32. The first-order valence-corrected chi connectivity index (χ1v) is 5.52. The van der Waals surface area contributed by atoms with Crippen LogP contribution in [-0.2, 0) is 11.3 Å². The molecule has 0 aliphatic carbocycles. The van der Waals surface area contributed by atoms with E-state index >= 15 is 0 Å². The first-order valence-electron chi connectivity index (χ1n) is 5.15.